The van der Waals surface area contributed by atoms with E-state index in [-0.39, 0.29) is 12.1 Å². The van der Waals surface area contributed by atoms with Gasteiger partial charge in [-0.2, -0.15) is 0 Å². The molecule has 2 rings (SSSR count). The van der Waals surface area contributed by atoms with Gasteiger partial charge in [0, 0.05) is 18.4 Å². The average molecular weight is 234 g/mol. The molecule has 0 bridgehead atoms. The van der Waals surface area contributed by atoms with Crippen LogP contribution in [0.2, 0.25) is 0 Å². The Bertz CT molecular complexity index is 335. The molecule has 1 heterocycles. The highest BCUT2D eigenvalue weighted by Gasteiger charge is 2.29. The van der Waals surface area contributed by atoms with E-state index in [9.17, 15) is 5.11 Å². The molecule has 1 unspecified atom stereocenters. The molecule has 1 aromatic rings. The van der Waals surface area contributed by atoms with Crippen molar-refractivity contribution in [2.45, 2.75) is 50.6 Å². The third-order valence-corrected chi connectivity index (χ3v) is 3.76. The number of nitrogens with zero attached hydrogens (tertiary/aromatic N) is 1. The van der Waals surface area contributed by atoms with Crippen LogP contribution in [0.15, 0.2) is 24.5 Å². The van der Waals surface area contributed by atoms with E-state index in [2.05, 4.69) is 17.2 Å². The van der Waals surface area contributed by atoms with Gasteiger partial charge in [-0.1, -0.05) is 19.3 Å². The van der Waals surface area contributed by atoms with Crippen LogP contribution in [-0.4, -0.2) is 22.7 Å². The first-order chi connectivity index (χ1) is 8.24. The Kier molecular flexibility index (Phi) is 4.13. The molecule has 1 atom stereocenters. The van der Waals surface area contributed by atoms with E-state index in [1.807, 2.05) is 12.1 Å². The Morgan fingerprint density at radius 1 is 1.29 bits per heavy atom. The van der Waals surface area contributed by atoms with Gasteiger partial charge in [-0.25, -0.2) is 0 Å². The molecule has 3 nitrogen and oxygen atoms in total. The number of rotatable bonds is 4. The predicted molar refractivity (Wildman–Crippen MR) is 68.7 cm³/mol. The summed E-state index contributed by atoms with van der Waals surface area (Å²) >= 11 is 0. The largest absolute Gasteiger partial charge is 0.394 e. The van der Waals surface area contributed by atoms with Gasteiger partial charge < -0.3 is 10.4 Å². The summed E-state index contributed by atoms with van der Waals surface area (Å²) < 4.78 is 0. The van der Waals surface area contributed by atoms with E-state index in [0.29, 0.717) is 6.04 Å². The maximum absolute atomic E-state index is 9.69. The Hall–Kier alpha value is -0.930. The molecule has 0 amide bonds. The van der Waals surface area contributed by atoms with Crippen molar-refractivity contribution < 1.29 is 5.11 Å². The highest BCUT2D eigenvalue weighted by atomic mass is 16.3. The fourth-order valence-electron chi connectivity index (χ4n) is 2.64. The first-order valence-electron chi connectivity index (χ1n) is 6.54. The second kappa shape index (κ2) is 5.61. The van der Waals surface area contributed by atoms with Crippen molar-refractivity contribution in [1.29, 1.82) is 0 Å². The quantitative estimate of drug-likeness (QED) is 0.839. The zero-order valence-corrected chi connectivity index (χ0v) is 10.5. The molecule has 0 saturated heterocycles. The van der Waals surface area contributed by atoms with Crippen molar-refractivity contribution in [3.8, 4) is 0 Å². The van der Waals surface area contributed by atoms with E-state index < -0.39 is 0 Å². The lowest BCUT2D eigenvalue weighted by Crippen LogP contribution is -2.49. The monoisotopic (exact) mass is 234 g/mol. The van der Waals surface area contributed by atoms with Crippen LogP contribution in [0, 0.1) is 0 Å². The number of aliphatic hydroxyl groups is 1. The van der Waals surface area contributed by atoms with Crippen LogP contribution >= 0.6 is 0 Å². The van der Waals surface area contributed by atoms with E-state index in [0.717, 1.165) is 5.56 Å². The Morgan fingerprint density at radius 2 is 1.94 bits per heavy atom. The van der Waals surface area contributed by atoms with E-state index >= 15 is 0 Å². The van der Waals surface area contributed by atoms with Gasteiger partial charge in [-0.3, -0.25) is 4.98 Å². The molecule has 17 heavy (non-hydrogen) atoms. The molecule has 1 aliphatic rings. The summed E-state index contributed by atoms with van der Waals surface area (Å²) in [5.74, 6) is 0. The summed E-state index contributed by atoms with van der Waals surface area (Å²) in [5.41, 5.74) is 0.769. The maximum atomic E-state index is 9.69. The van der Waals surface area contributed by atoms with E-state index in [1.165, 1.54) is 32.1 Å². The molecule has 94 valence electrons. The van der Waals surface area contributed by atoms with Gasteiger partial charge in [-0.05, 0) is 37.5 Å². The average Bonchev–Trinajstić information content (AvgIpc) is 2.41. The minimum atomic E-state index is -0.342. The Labute approximate surface area is 103 Å². The molecular weight excluding hydrogens is 212 g/mol. The molecular formula is C14H22N2O. The molecule has 0 aromatic carbocycles. The van der Waals surface area contributed by atoms with Crippen LogP contribution in [0.4, 0.5) is 0 Å². The first kappa shape index (κ1) is 12.5. The third kappa shape index (κ3) is 3.05. The molecule has 1 saturated carbocycles. The highest BCUT2D eigenvalue weighted by molar-refractivity contribution is 5.21. The summed E-state index contributed by atoms with van der Waals surface area (Å²) in [4.78, 5) is 4.03. The summed E-state index contributed by atoms with van der Waals surface area (Å²) in [6, 6.07) is 4.49. The lowest BCUT2D eigenvalue weighted by atomic mass is 9.88. The van der Waals surface area contributed by atoms with E-state index in [4.69, 9.17) is 0 Å². The van der Waals surface area contributed by atoms with Gasteiger partial charge in [0.25, 0.3) is 0 Å². The first-order valence-corrected chi connectivity index (χ1v) is 6.54. The van der Waals surface area contributed by atoms with Crippen LogP contribution in [0.25, 0.3) is 0 Å². The third-order valence-electron chi connectivity index (χ3n) is 3.76. The van der Waals surface area contributed by atoms with Gasteiger partial charge in [0.05, 0.1) is 12.1 Å². The van der Waals surface area contributed by atoms with Crippen LogP contribution < -0.4 is 5.32 Å². The Morgan fingerprint density at radius 3 is 2.53 bits per heavy atom. The molecule has 2 N–H and O–H groups in total. The Balaban J connectivity index is 2.08. The molecule has 0 radical (unpaired) electrons. The van der Waals surface area contributed by atoms with Crippen molar-refractivity contribution in [3.05, 3.63) is 30.1 Å². The van der Waals surface area contributed by atoms with Gasteiger partial charge in [0.15, 0.2) is 0 Å². The summed E-state index contributed by atoms with van der Waals surface area (Å²) in [5, 5.41) is 13.3. The maximum Gasteiger partial charge on any atom is 0.0652 e. The van der Waals surface area contributed by atoms with Gasteiger partial charge in [0.1, 0.15) is 0 Å². The summed E-state index contributed by atoms with van der Waals surface area (Å²) in [7, 11) is 0. The van der Waals surface area contributed by atoms with Crippen molar-refractivity contribution >= 4 is 0 Å². The second-order valence-electron chi connectivity index (χ2n) is 5.21. The molecule has 1 fully saturated rings. The number of nitrogens with one attached hydrogen (secondary N) is 1. The van der Waals surface area contributed by atoms with Gasteiger partial charge in [-0.15, -0.1) is 0 Å². The molecule has 3 heteroatoms. The zero-order chi connectivity index (χ0) is 12.1. The fourth-order valence-corrected chi connectivity index (χ4v) is 2.64. The molecule has 1 aliphatic carbocycles. The van der Waals surface area contributed by atoms with Crippen LogP contribution in [-0.2, 0) is 5.54 Å². The van der Waals surface area contributed by atoms with Crippen LogP contribution in [0.3, 0.4) is 0 Å². The molecule has 0 spiro atoms. The van der Waals surface area contributed by atoms with Crippen LogP contribution in [0.5, 0.6) is 0 Å². The van der Waals surface area contributed by atoms with Crippen LogP contribution in [0.1, 0.15) is 44.6 Å². The summed E-state index contributed by atoms with van der Waals surface area (Å²) in [6.07, 6.45) is 9.97. The van der Waals surface area contributed by atoms with Crippen molar-refractivity contribution in [2.24, 2.45) is 0 Å². The second-order valence-corrected chi connectivity index (χ2v) is 5.21. The smallest absolute Gasteiger partial charge is 0.0652 e. The lowest BCUT2D eigenvalue weighted by molar-refractivity contribution is 0.150. The SMILES string of the molecule is CC(CO)(NC1CCCCC1)c1ccncc1. The predicted octanol–water partition coefficient (Wildman–Crippen LogP) is 2.21. The topological polar surface area (TPSA) is 45.1 Å². The van der Waals surface area contributed by atoms with E-state index in [1.54, 1.807) is 12.4 Å². The number of hydrogen-bond acceptors (Lipinski definition) is 3. The van der Waals surface area contributed by atoms with Gasteiger partial charge >= 0.3 is 0 Å². The van der Waals surface area contributed by atoms with Crippen molar-refractivity contribution in [3.63, 3.8) is 0 Å². The minimum absolute atomic E-state index is 0.119. The summed E-state index contributed by atoms with van der Waals surface area (Å²) in [6.45, 7) is 2.18. The highest BCUT2D eigenvalue weighted by Crippen LogP contribution is 2.25. The normalized spacial score (nSPS) is 21.1. The van der Waals surface area contributed by atoms with Gasteiger partial charge in [0.2, 0.25) is 0 Å². The fraction of sp³-hybridized carbons (Fsp3) is 0.643. The minimum Gasteiger partial charge on any atom is -0.394 e. The standard InChI is InChI=1S/C14H22N2O/c1-14(11-17,12-7-9-15-10-8-12)16-13-5-3-2-4-6-13/h7-10,13,16-17H,2-6,11H2,1H3. The zero-order valence-electron chi connectivity index (χ0n) is 10.5. The molecule has 0 aliphatic heterocycles. The van der Waals surface area contributed by atoms with Crippen molar-refractivity contribution in [1.82, 2.24) is 10.3 Å². The number of pyridine rings is 1. The molecule has 1 aromatic heterocycles. The lowest BCUT2D eigenvalue weighted by Gasteiger charge is -2.35. The number of aromatic nitrogens is 1. The number of hydrogen-bond donors (Lipinski definition) is 2. The van der Waals surface area contributed by atoms with Crippen molar-refractivity contribution in [2.75, 3.05) is 6.61 Å². The number of aliphatic hydroxyl groups excluding tert-OH is 1.